The van der Waals surface area contributed by atoms with Crippen molar-refractivity contribution in [1.82, 2.24) is 30.2 Å². The molecule has 1 unspecified atom stereocenters. The number of fused-ring (bicyclic) bond motifs is 3. The molecule has 6 heteroatoms. The number of aromatic nitrogens is 4. The maximum absolute atomic E-state index is 4.88. The maximum atomic E-state index is 4.88. The molecule has 0 bridgehead atoms. The predicted molar refractivity (Wildman–Crippen MR) is 146 cm³/mol. The van der Waals surface area contributed by atoms with Crippen molar-refractivity contribution in [2.45, 2.75) is 51.2 Å². The number of rotatable bonds is 10. The van der Waals surface area contributed by atoms with E-state index in [4.69, 9.17) is 9.97 Å². The Hall–Kier alpha value is -3.48. The average Bonchev–Trinajstić information content (AvgIpc) is 3.53. The molecule has 0 saturated carbocycles. The van der Waals surface area contributed by atoms with Crippen LogP contribution in [0.15, 0.2) is 73.1 Å². The van der Waals surface area contributed by atoms with Gasteiger partial charge >= 0.3 is 0 Å². The summed E-state index contributed by atoms with van der Waals surface area (Å²) in [5.74, 6) is 1.04. The molecule has 0 spiro atoms. The van der Waals surface area contributed by atoms with Crippen LogP contribution in [-0.2, 0) is 19.5 Å². The van der Waals surface area contributed by atoms with Crippen LogP contribution in [0.1, 0.15) is 54.4 Å². The number of hydrogen-bond acceptors (Lipinski definition) is 4. The summed E-state index contributed by atoms with van der Waals surface area (Å²) in [6.45, 7) is 3.76. The number of nitrogens with one attached hydrogen (secondary N) is 3. The van der Waals surface area contributed by atoms with Gasteiger partial charge in [0.15, 0.2) is 0 Å². The number of nitrogens with zero attached hydrogens (tertiary/aromatic N) is 3. The molecule has 1 atom stereocenters. The van der Waals surface area contributed by atoms with E-state index in [2.05, 4.69) is 87.0 Å². The van der Waals surface area contributed by atoms with Gasteiger partial charge in [0.25, 0.3) is 0 Å². The number of H-pyrrole nitrogens is 2. The van der Waals surface area contributed by atoms with Crippen molar-refractivity contribution in [1.29, 1.82) is 0 Å². The number of para-hydroxylation sites is 3. The van der Waals surface area contributed by atoms with Gasteiger partial charge in [0.2, 0.25) is 0 Å². The van der Waals surface area contributed by atoms with E-state index in [1.807, 2.05) is 6.20 Å². The van der Waals surface area contributed by atoms with Gasteiger partial charge in [-0.3, -0.25) is 9.88 Å². The third-order valence-corrected chi connectivity index (χ3v) is 7.44. The van der Waals surface area contributed by atoms with Crippen molar-refractivity contribution in [3.63, 3.8) is 0 Å². The van der Waals surface area contributed by atoms with Crippen molar-refractivity contribution in [3.8, 4) is 0 Å². The van der Waals surface area contributed by atoms with Crippen LogP contribution in [0.3, 0.4) is 0 Å². The highest BCUT2D eigenvalue weighted by Crippen LogP contribution is 2.34. The van der Waals surface area contributed by atoms with E-state index in [1.54, 1.807) is 0 Å². The summed E-state index contributed by atoms with van der Waals surface area (Å²) in [5, 5.41) is 4.96. The molecule has 0 aliphatic heterocycles. The summed E-state index contributed by atoms with van der Waals surface area (Å²) >= 11 is 0. The van der Waals surface area contributed by atoms with Crippen LogP contribution in [0.2, 0.25) is 0 Å². The third-order valence-electron chi connectivity index (χ3n) is 7.44. The predicted octanol–water partition coefficient (Wildman–Crippen LogP) is 5.89. The van der Waals surface area contributed by atoms with Crippen LogP contribution in [0.5, 0.6) is 0 Å². The molecule has 36 heavy (non-hydrogen) atoms. The van der Waals surface area contributed by atoms with Crippen LogP contribution in [0, 0.1) is 0 Å². The number of unbranched alkanes of at least 4 members (excludes halogenated alkanes) is 1. The number of aromatic amines is 2. The van der Waals surface area contributed by atoms with E-state index in [9.17, 15) is 0 Å². The molecular weight excluding hydrogens is 444 g/mol. The van der Waals surface area contributed by atoms with Crippen molar-refractivity contribution >= 4 is 21.9 Å². The lowest BCUT2D eigenvalue weighted by Gasteiger charge is -2.34. The minimum absolute atomic E-state index is 0.349. The van der Waals surface area contributed by atoms with Crippen LogP contribution in [0.4, 0.5) is 0 Å². The molecular formula is C30H34N6. The van der Waals surface area contributed by atoms with E-state index in [0.29, 0.717) is 6.04 Å². The summed E-state index contributed by atoms with van der Waals surface area (Å²) in [7, 11) is 0. The van der Waals surface area contributed by atoms with Gasteiger partial charge in [-0.15, -0.1) is 0 Å². The van der Waals surface area contributed by atoms with Gasteiger partial charge in [0.1, 0.15) is 5.82 Å². The molecule has 0 fully saturated rings. The highest BCUT2D eigenvalue weighted by Gasteiger charge is 2.27. The van der Waals surface area contributed by atoms with Crippen LogP contribution in [0.25, 0.3) is 21.9 Å². The summed E-state index contributed by atoms with van der Waals surface area (Å²) < 4.78 is 0. The Kier molecular flexibility index (Phi) is 6.79. The molecule has 1 aliphatic carbocycles. The van der Waals surface area contributed by atoms with Crippen molar-refractivity contribution < 1.29 is 0 Å². The van der Waals surface area contributed by atoms with E-state index in [1.165, 1.54) is 34.1 Å². The van der Waals surface area contributed by atoms with Gasteiger partial charge in [0, 0.05) is 29.8 Å². The van der Waals surface area contributed by atoms with E-state index in [-0.39, 0.29) is 0 Å². The minimum atomic E-state index is 0.349. The Morgan fingerprint density at radius 2 is 1.86 bits per heavy atom. The Balaban J connectivity index is 1.10. The quantitative estimate of drug-likeness (QED) is 0.219. The van der Waals surface area contributed by atoms with Crippen molar-refractivity contribution in [2.24, 2.45) is 0 Å². The van der Waals surface area contributed by atoms with Crippen molar-refractivity contribution in [3.05, 3.63) is 95.7 Å². The zero-order chi connectivity index (χ0) is 24.2. The molecule has 3 N–H and O–H groups in total. The Bertz CT molecular complexity index is 1400. The number of imidazole rings is 1. The molecule has 0 amide bonds. The van der Waals surface area contributed by atoms with Gasteiger partial charge in [-0.2, -0.15) is 0 Å². The van der Waals surface area contributed by atoms with Crippen LogP contribution < -0.4 is 5.32 Å². The van der Waals surface area contributed by atoms with Crippen LogP contribution in [-0.4, -0.2) is 37.9 Å². The zero-order valence-electron chi connectivity index (χ0n) is 20.7. The molecule has 5 aromatic rings. The molecule has 3 aromatic heterocycles. The van der Waals surface area contributed by atoms with Gasteiger partial charge in [-0.25, -0.2) is 4.98 Å². The van der Waals surface area contributed by atoms with E-state index in [0.717, 1.165) is 68.7 Å². The second kappa shape index (κ2) is 10.6. The first kappa shape index (κ1) is 23.0. The summed E-state index contributed by atoms with van der Waals surface area (Å²) in [5.41, 5.74) is 7.35. The topological polar surface area (TPSA) is 72.6 Å². The fraction of sp³-hybridized carbons (Fsp3) is 0.333. The summed E-state index contributed by atoms with van der Waals surface area (Å²) in [6, 6.07) is 21.5. The average molecular weight is 479 g/mol. The van der Waals surface area contributed by atoms with Gasteiger partial charge < -0.3 is 15.3 Å². The molecule has 0 saturated heterocycles. The first-order chi connectivity index (χ1) is 17.8. The number of aryl methyl sites for hydroxylation is 1. The van der Waals surface area contributed by atoms with E-state index >= 15 is 0 Å². The fourth-order valence-corrected chi connectivity index (χ4v) is 5.62. The first-order valence-corrected chi connectivity index (χ1v) is 13.2. The number of hydrogen-bond donors (Lipinski definition) is 3. The highest BCUT2D eigenvalue weighted by atomic mass is 15.2. The van der Waals surface area contributed by atoms with Crippen molar-refractivity contribution in [2.75, 3.05) is 13.1 Å². The van der Waals surface area contributed by atoms with Gasteiger partial charge in [-0.05, 0) is 80.6 Å². The standard InChI is InChI=1S/C30H34N6/c1-2-12-25-24(11-1)23(20-33-25)19-31-16-5-6-18-36(21-29-34-26-13-3-4-14-27(26)35-29)28-15-7-9-22-10-8-17-32-30(22)28/h1-4,8,10-14,17,20,28,31,33H,5-7,9,15-16,18-19,21H2,(H,34,35). The first-order valence-electron chi connectivity index (χ1n) is 13.2. The lowest BCUT2D eigenvalue weighted by Crippen LogP contribution is -2.33. The Morgan fingerprint density at radius 1 is 0.972 bits per heavy atom. The highest BCUT2D eigenvalue weighted by molar-refractivity contribution is 5.83. The molecule has 2 aromatic carbocycles. The molecule has 3 heterocycles. The molecule has 0 radical (unpaired) electrons. The minimum Gasteiger partial charge on any atom is -0.361 e. The lowest BCUT2D eigenvalue weighted by molar-refractivity contribution is 0.159. The van der Waals surface area contributed by atoms with Gasteiger partial charge in [0.05, 0.1) is 29.3 Å². The third kappa shape index (κ3) is 4.92. The summed E-state index contributed by atoms with van der Waals surface area (Å²) in [6.07, 6.45) is 9.86. The monoisotopic (exact) mass is 478 g/mol. The number of benzene rings is 2. The largest absolute Gasteiger partial charge is 0.361 e. The van der Waals surface area contributed by atoms with E-state index < -0.39 is 0 Å². The van der Waals surface area contributed by atoms with Gasteiger partial charge in [-0.1, -0.05) is 36.4 Å². The maximum Gasteiger partial charge on any atom is 0.121 e. The molecule has 1 aliphatic rings. The molecule has 6 nitrogen and oxygen atoms in total. The molecule has 6 rings (SSSR count). The zero-order valence-corrected chi connectivity index (χ0v) is 20.7. The fourth-order valence-electron chi connectivity index (χ4n) is 5.62. The Morgan fingerprint density at radius 3 is 2.81 bits per heavy atom. The van der Waals surface area contributed by atoms with Crippen LogP contribution >= 0.6 is 0 Å². The second-order valence-electron chi connectivity index (χ2n) is 9.87. The lowest BCUT2D eigenvalue weighted by atomic mass is 9.90. The molecule has 184 valence electrons. The SMILES string of the molecule is c1cnc2c(c1)CCCC2N(CCCCNCc1c[nH]c2ccccc12)Cc1nc2ccccc2[nH]1. The second-order valence-corrected chi connectivity index (χ2v) is 9.87. The Labute approximate surface area is 212 Å². The smallest absolute Gasteiger partial charge is 0.121 e. The normalized spacial score (nSPS) is 15.6. The number of pyridine rings is 1. The summed E-state index contributed by atoms with van der Waals surface area (Å²) in [4.78, 5) is 19.2.